The van der Waals surface area contributed by atoms with E-state index in [-0.39, 0.29) is 30.8 Å². The van der Waals surface area contributed by atoms with E-state index in [1.165, 1.54) is 4.90 Å². The van der Waals surface area contributed by atoms with Gasteiger partial charge in [0.2, 0.25) is 5.91 Å². The van der Waals surface area contributed by atoms with E-state index >= 15 is 0 Å². The number of piperidine rings is 1. The maximum absolute atomic E-state index is 12.8. The first-order valence-corrected chi connectivity index (χ1v) is 8.43. The maximum atomic E-state index is 12.8. The molecule has 0 bridgehead atoms. The molecule has 2 rings (SSSR count). The van der Waals surface area contributed by atoms with Gasteiger partial charge in [0.25, 0.3) is 5.91 Å². The zero-order valence-electron chi connectivity index (χ0n) is 14.8. The Labute approximate surface area is 149 Å². The van der Waals surface area contributed by atoms with E-state index in [1.807, 2.05) is 38.1 Å². The van der Waals surface area contributed by atoms with Gasteiger partial charge in [0.15, 0.2) is 0 Å². The molecule has 0 spiro atoms. The number of terminal acetylenes is 1. The van der Waals surface area contributed by atoms with E-state index in [9.17, 15) is 9.59 Å². The second-order valence-electron chi connectivity index (χ2n) is 6.52. The molecular formula is C20H23N3O2. The van der Waals surface area contributed by atoms with Crippen LogP contribution < -0.4 is 0 Å². The number of likely N-dealkylation sites (tertiary alicyclic amines) is 1. The molecule has 1 saturated heterocycles. The molecule has 2 amide bonds. The van der Waals surface area contributed by atoms with E-state index in [2.05, 4.69) is 5.92 Å². The number of rotatable bonds is 4. The fraction of sp³-hybridized carbons (Fsp3) is 0.450. The lowest BCUT2D eigenvalue weighted by Crippen LogP contribution is -2.47. The molecule has 5 nitrogen and oxygen atoms in total. The van der Waals surface area contributed by atoms with Crippen molar-refractivity contribution in [1.29, 1.82) is 5.26 Å². The van der Waals surface area contributed by atoms with Crippen LogP contribution in [0.4, 0.5) is 0 Å². The highest BCUT2D eigenvalue weighted by Gasteiger charge is 2.31. The minimum absolute atomic E-state index is 0.0233. The number of hydrogen-bond acceptors (Lipinski definition) is 3. The Bertz CT molecular complexity index is 706. The van der Waals surface area contributed by atoms with Crippen molar-refractivity contribution in [2.75, 3.05) is 26.2 Å². The molecule has 1 aliphatic heterocycles. The van der Waals surface area contributed by atoms with Crippen LogP contribution in [0.2, 0.25) is 0 Å². The number of amides is 2. The normalized spacial score (nSPS) is 16.6. The van der Waals surface area contributed by atoms with Crippen molar-refractivity contribution in [3.63, 3.8) is 0 Å². The molecule has 130 valence electrons. The molecule has 25 heavy (non-hydrogen) atoms. The van der Waals surface area contributed by atoms with Gasteiger partial charge in [-0.2, -0.15) is 5.26 Å². The highest BCUT2D eigenvalue weighted by atomic mass is 16.2. The van der Waals surface area contributed by atoms with Gasteiger partial charge >= 0.3 is 0 Å². The molecule has 1 aromatic carbocycles. The van der Waals surface area contributed by atoms with Crippen molar-refractivity contribution >= 4 is 11.8 Å². The number of aryl methyl sites for hydroxylation is 2. The summed E-state index contributed by atoms with van der Waals surface area (Å²) in [6.45, 7) is 5.04. The summed E-state index contributed by atoms with van der Waals surface area (Å²) in [7, 11) is 0. The van der Waals surface area contributed by atoms with Crippen LogP contribution in [-0.4, -0.2) is 47.8 Å². The molecule has 1 fully saturated rings. The highest BCUT2D eigenvalue weighted by Crippen LogP contribution is 2.21. The Morgan fingerprint density at radius 3 is 2.56 bits per heavy atom. The lowest BCUT2D eigenvalue weighted by atomic mass is 9.95. The van der Waals surface area contributed by atoms with Crippen LogP contribution in [0.5, 0.6) is 0 Å². The summed E-state index contributed by atoms with van der Waals surface area (Å²) in [5.74, 6) is 1.93. The molecule has 1 aliphatic rings. The lowest BCUT2D eigenvalue weighted by Gasteiger charge is -2.34. The zero-order valence-corrected chi connectivity index (χ0v) is 14.8. The van der Waals surface area contributed by atoms with Crippen molar-refractivity contribution in [3.8, 4) is 18.4 Å². The summed E-state index contributed by atoms with van der Waals surface area (Å²) in [6.07, 6.45) is 6.77. The topological polar surface area (TPSA) is 64.4 Å². The second kappa shape index (κ2) is 8.35. The van der Waals surface area contributed by atoms with E-state index in [0.29, 0.717) is 25.1 Å². The number of hydrogen-bond donors (Lipinski definition) is 0. The standard InChI is InChI=1S/C20H23N3O2/c1-4-8-22(10-7-21)19(24)17-6-5-9-23(14-17)20(25)18-12-15(2)11-16(3)13-18/h1,11-13,17H,5-6,8-10,14H2,2-3H3. The van der Waals surface area contributed by atoms with Gasteiger partial charge in [0.05, 0.1) is 18.5 Å². The number of carbonyl (C=O) groups excluding carboxylic acids is 2. The van der Waals surface area contributed by atoms with Crippen LogP contribution in [-0.2, 0) is 4.79 Å². The van der Waals surface area contributed by atoms with Crippen LogP contribution in [0.1, 0.15) is 34.3 Å². The predicted molar refractivity (Wildman–Crippen MR) is 95.6 cm³/mol. The van der Waals surface area contributed by atoms with Gasteiger partial charge in [-0.05, 0) is 38.8 Å². The maximum Gasteiger partial charge on any atom is 0.253 e. The van der Waals surface area contributed by atoms with Crippen LogP contribution in [0, 0.1) is 43.4 Å². The average molecular weight is 337 g/mol. The third-order valence-corrected chi connectivity index (χ3v) is 4.38. The Balaban J connectivity index is 2.12. The van der Waals surface area contributed by atoms with Gasteiger partial charge in [-0.3, -0.25) is 9.59 Å². The first kappa shape index (κ1) is 18.5. The number of nitrogens with zero attached hydrogens (tertiary/aromatic N) is 3. The van der Waals surface area contributed by atoms with Crippen molar-refractivity contribution in [3.05, 3.63) is 34.9 Å². The molecule has 0 saturated carbocycles. The number of carbonyl (C=O) groups is 2. The summed E-state index contributed by atoms with van der Waals surface area (Å²) >= 11 is 0. The van der Waals surface area contributed by atoms with Crippen LogP contribution >= 0.6 is 0 Å². The minimum Gasteiger partial charge on any atom is -0.338 e. The predicted octanol–water partition coefficient (Wildman–Crippen LogP) is 2.14. The quantitative estimate of drug-likeness (QED) is 0.624. The summed E-state index contributed by atoms with van der Waals surface area (Å²) in [6, 6.07) is 7.75. The van der Waals surface area contributed by atoms with Crippen molar-refractivity contribution < 1.29 is 9.59 Å². The van der Waals surface area contributed by atoms with Crippen LogP contribution in [0.25, 0.3) is 0 Å². The first-order valence-electron chi connectivity index (χ1n) is 8.43. The van der Waals surface area contributed by atoms with Gasteiger partial charge in [-0.25, -0.2) is 0 Å². The monoisotopic (exact) mass is 337 g/mol. The molecule has 0 radical (unpaired) electrons. The average Bonchev–Trinajstić information content (AvgIpc) is 2.59. The second-order valence-corrected chi connectivity index (χ2v) is 6.52. The SMILES string of the molecule is C#CCN(CC#N)C(=O)C1CCCN(C(=O)c2cc(C)cc(C)c2)C1. The highest BCUT2D eigenvalue weighted by molar-refractivity contribution is 5.95. The molecule has 1 unspecified atom stereocenters. The van der Waals surface area contributed by atoms with Crippen molar-refractivity contribution in [2.45, 2.75) is 26.7 Å². The molecule has 1 heterocycles. The number of nitriles is 1. The Kier molecular flexibility index (Phi) is 6.19. The first-order chi connectivity index (χ1) is 12.0. The zero-order chi connectivity index (χ0) is 18.4. The smallest absolute Gasteiger partial charge is 0.253 e. The van der Waals surface area contributed by atoms with E-state index in [1.54, 1.807) is 4.90 Å². The molecule has 5 heteroatoms. The summed E-state index contributed by atoms with van der Waals surface area (Å²) < 4.78 is 0. The summed E-state index contributed by atoms with van der Waals surface area (Å²) in [4.78, 5) is 28.6. The summed E-state index contributed by atoms with van der Waals surface area (Å²) in [5.41, 5.74) is 2.74. The fourth-order valence-corrected chi connectivity index (χ4v) is 3.31. The molecule has 1 atom stereocenters. The van der Waals surface area contributed by atoms with E-state index in [4.69, 9.17) is 11.7 Å². The summed E-state index contributed by atoms with van der Waals surface area (Å²) in [5, 5.41) is 8.87. The van der Waals surface area contributed by atoms with Gasteiger partial charge < -0.3 is 9.80 Å². The third-order valence-electron chi connectivity index (χ3n) is 4.38. The van der Waals surface area contributed by atoms with Gasteiger partial charge in [-0.1, -0.05) is 23.1 Å². The van der Waals surface area contributed by atoms with Crippen LogP contribution in [0.3, 0.4) is 0 Å². The molecule has 0 aliphatic carbocycles. The molecular weight excluding hydrogens is 314 g/mol. The van der Waals surface area contributed by atoms with Crippen LogP contribution in [0.15, 0.2) is 18.2 Å². The number of benzene rings is 1. The van der Waals surface area contributed by atoms with Gasteiger partial charge in [-0.15, -0.1) is 6.42 Å². The Morgan fingerprint density at radius 1 is 1.28 bits per heavy atom. The van der Waals surface area contributed by atoms with E-state index in [0.717, 1.165) is 17.5 Å². The van der Waals surface area contributed by atoms with Gasteiger partial charge in [0, 0.05) is 18.7 Å². The molecule has 1 aromatic rings. The van der Waals surface area contributed by atoms with Gasteiger partial charge in [0.1, 0.15) is 6.54 Å². The fourth-order valence-electron chi connectivity index (χ4n) is 3.31. The lowest BCUT2D eigenvalue weighted by molar-refractivity contribution is -0.135. The van der Waals surface area contributed by atoms with Crippen molar-refractivity contribution in [1.82, 2.24) is 9.80 Å². The largest absolute Gasteiger partial charge is 0.338 e. The minimum atomic E-state index is -0.301. The van der Waals surface area contributed by atoms with Crippen molar-refractivity contribution in [2.24, 2.45) is 5.92 Å². The molecule has 0 aromatic heterocycles. The Morgan fingerprint density at radius 2 is 1.96 bits per heavy atom. The molecule has 0 N–H and O–H groups in total. The Hall–Kier alpha value is -2.79. The third kappa shape index (κ3) is 4.61. The van der Waals surface area contributed by atoms with E-state index < -0.39 is 0 Å².